The Kier molecular flexibility index (Phi) is 7.02. The van der Waals surface area contributed by atoms with Crippen LogP contribution in [0.5, 0.6) is 0 Å². The Labute approximate surface area is 185 Å². The lowest BCUT2D eigenvalue weighted by Gasteiger charge is -2.23. The van der Waals surface area contributed by atoms with Crippen LogP contribution in [0.1, 0.15) is 26.5 Å². The van der Waals surface area contributed by atoms with Crippen molar-refractivity contribution in [2.75, 3.05) is 23.9 Å². The Bertz CT molecular complexity index is 1070. The normalized spacial score (nSPS) is 12.2. The molecule has 1 amide bonds. The molecule has 2 heterocycles. The van der Waals surface area contributed by atoms with Crippen molar-refractivity contribution in [2.45, 2.75) is 32.4 Å². The van der Waals surface area contributed by atoms with E-state index < -0.39 is 11.7 Å². The summed E-state index contributed by atoms with van der Waals surface area (Å²) in [6.07, 6.45) is 3.03. The van der Waals surface area contributed by atoms with E-state index in [1.807, 2.05) is 57.4 Å². The molecule has 0 fully saturated rings. The first kappa shape index (κ1) is 22.4. The second kappa shape index (κ2) is 9.71. The maximum absolute atomic E-state index is 12.1. The van der Waals surface area contributed by atoms with Gasteiger partial charge in [-0.05, 0) is 39.2 Å². The first-order valence-corrected chi connectivity index (χ1v) is 11.3. The molecular formula is C22H26N6O2S. The summed E-state index contributed by atoms with van der Waals surface area (Å²) in [6.45, 7) is 5.91. The Hall–Kier alpha value is -3.25. The average Bonchev–Trinajstić information content (AvgIpc) is 3.14. The number of H-pyrrole nitrogens is 1. The first-order valence-electron chi connectivity index (χ1n) is 9.86. The minimum absolute atomic E-state index is 0.168. The van der Waals surface area contributed by atoms with Crippen molar-refractivity contribution >= 4 is 34.6 Å². The van der Waals surface area contributed by atoms with Gasteiger partial charge >= 0.3 is 6.09 Å². The maximum atomic E-state index is 12.1. The Balaban J connectivity index is 1.76. The van der Waals surface area contributed by atoms with Crippen LogP contribution in [-0.2, 0) is 4.74 Å². The molecule has 9 heteroatoms. The number of aromatic nitrogens is 3. The third-order valence-corrected chi connectivity index (χ3v) is 5.02. The molecule has 3 rings (SSSR count). The van der Waals surface area contributed by atoms with E-state index in [9.17, 15) is 10.1 Å². The zero-order chi connectivity index (χ0) is 22.4. The molecule has 0 spiro atoms. The smallest absolute Gasteiger partial charge is 0.407 e. The van der Waals surface area contributed by atoms with Crippen LogP contribution < -0.4 is 10.6 Å². The summed E-state index contributed by atoms with van der Waals surface area (Å²) in [5, 5.41) is 16.6. The molecule has 0 saturated carbocycles. The van der Waals surface area contributed by atoms with E-state index in [0.29, 0.717) is 23.8 Å². The van der Waals surface area contributed by atoms with Crippen LogP contribution in [0.25, 0.3) is 22.3 Å². The summed E-state index contributed by atoms with van der Waals surface area (Å²) in [5.41, 5.74) is 1.84. The summed E-state index contributed by atoms with van der Waals surface area (Å²) in [6, 6.07) is 11.7. The summed E-state index contributed by atoms with van der Waals surface area (Å²) < 4.78 is 5.35. The highest BCUT2D eigenvalue weighted by Gasteiger charge is 2.20. The molecule has 3 N–H and O–H groups in total. The van der Waals surface area contributed by atoms with E-state index >= 15 is 0 Å². The van der Waals surface area contributed by atoms with Crippen LogP contribution in [0.3, 0.4) is 0 Å². The minimum Gasteiger partial charge on any atom is -0.444 e. The summed E-state index contributed by atoms with van der Waals surface area (Å²) >= 11 is 1.62. The minimum atomic E-state index is -0.561. The number of rotatable bonds is 7. The van der Waals surface area contributed by atoms with E-state index in [4.69, 9.17) is 4.74 Å². The lowest BCUT2D eigenvalue weighted by Crippen LogP contribution is -2.44. The van der Waals surface area contributed by atoms with E-state index in [1.165, 1.54) is 6.20 Å². The molecule has 0 aliphatic carbocycles. The van der Waals surface area contributed by atoms with E-state index in [0.717, 1.165) is 16.6 Å². The fourth-order valence-electron chi connectivity index (χ4n) is 3.00. The lowest BCUT2D eigenvalue weighted by atomic mass is 10.2. The van der Waals surface area contributed by atoms with Crippen LogP contribution in [0.15, 0.2) is 36.5 Å². The molecule has 0 saturated heterocycles. The molecule has 1 aromatic carbocycles. The molecule has 1 atom stereocenters. The van der Waals surface area contributed by atoms with Gasteiger partial charge in [0.05, 0.1) is 17.9 Å². The largest absolute Gasteiger partial charge is 0.444 e. The van der Waals surface area contributed by atoms with Crippen LogP contribution in [0, 0.1) is 11.3 Å². The van der Waals surface area contributed by atoms with Gasteiger partial charge in [-0.3, -0.25) is 0 Å². The second-order valence-electron chi connectivity index (χ2n) is 8.01. The fourth-order valence-corrected chi connectivity index (χ4v) is 3.60. The van der Waals surface area contributed by atoms with Crippen LogP contribution in [0.4, 0.5) is 10.6 Å². The number of anilines is 1. The third-order valence-electron chi connectivity index (χ3n) is 4.28. The molecule has 162 valence electrons. The number of nitriles is 1. The van der Waals surface area contributed by atoms with Gasteiger partial charge < -0.3 is 20.4 Å². The summed E-state index contributed by atoms with van der Waals surface area (Å²) in [4.78, 5) is 24.3. The number of carbonyl (C=O) groups excluding carboxylic acids is 1. The van der Waals surface area contributed by atoms with E-state index in [1.54, 1.807) is 11.8 Å². The maximum Gasteiger partial charge on any atom is 0.407 e. The van der Waals surface area contributed by atoms with Crippen molar-refractivity contribution in [3.63, 3.8) is 0 Å². The number of ether oxygens (including phenoxy) is 1. The molecule has 0 aliphatic heterocycles. The molecule has 31 heavy (non-hydrogen) atoms. The standard InChI is InChI=1S/C22H26N6O2S/c1-22(2,3)30-21(29)26-15(13-31-4)11-25-19-12-24-18(10-23)20(28-19)17-9-14-7-5-6-8-16(14)27-17/h5-9,12,15,27H,11,13H2,1-4H3,(H,25,28)(H,26,29). The first-order chi connectivity index (χ1) is 14.8. The Morgan fingerprint density at radius 1 is 1.35 bits per heavy atom. The van der Waals surface area contributed by atoms with Gasteiger partial charge in [-0.1, -0.05) is 18.2 Å². The van der Waals surface area contributed by atoms with Crippen LogP contribution in [0.2, 0.25) is 0 Å². The van der Waals surface area contributed by atoms with Gasteiger partial charge in [0, 0.05) is 23.2 Å². The number of amides is 1. The highest BCUT2D eigenvalue weighted by atomic mass is 32.2. The second-order valence-corrected chi connectivity index (χ2v) is 8.92. The molecule has 0 bridgehead atoms. The van der Waals surface area contributed by atoms with Gasteiger partial charge in [0.25, 0.3) is 0 Å². The van der Waals surface area contributed by atoms with Crippen molar-refractivity contribution in [1.29, 1.82) is 5.26 Å². The number of nitrogens with zero attached hydrogens (tertiary/aromatic N) is 3. The Morgan fingerprint density at radius 2 is 2.13 bits per heavy atom. The number of benzene rings is 1. The summed E-state index contributed by atoms with van der Waals surface area (Å²) in [7, 11) is 0. The molecule has 0 aliphatic rings. The number of fused-ring (bicyclic) bond motifs is 1. The van der Waals surface area contributed by atoms with Crippen LogP contribution >= 0.6 is 11.8 Å². The third kappa shape index (κ3) is 6.12. The molecular weight excluding hydrogens is 412 g/mol. The number of hydrogen-bond acceptors (Lipinski definition) is 7. The van der Waals surface area contributed by atoms with Gasteiger partial charge in [0.2, 0.25) is 0 Å². The van der Waals surface area contributed by atoms with Crippen molar-refractivity contribution in [1.82, 2.24) is 20.3 Å². The predicted molar refractivity (Wildman–Crippen MR) is 124 cm³/mol. The van der Waals surface area contributed by atoms with Crippen molar-refractivity contribution in [3.05, 3.63) is 42.2 Å². The van der Waals surface area contributed by atoms with Gasteiger partial charge in [0.1, 0.15) is 23.2 Å². The number of carbonyl (C=O) groups is 1. The quantitative estimate of drug-likeness (QED) is 0.507. The number of aromatic amines is 1. The summed E-state index contributed by atoms with van der Waals surface area (Å²) in [5.74, 6) is 1.22. The number of hydrogen-bond donors (Lipinski definition) is 3. The predicted octanol–water partition coefficient (Wildman–Crippen LogP) is 4.16. The number of para-hydroxylation sites is 1. The molecule has 8 nitrogen and oxygen atoms in total. The van der Waals surface area contributed by atoms with Gasteiger partial charge in [-0.2, -0.15) is 17.0 Å². The zero-order valence-corrected chi connectivity index (χ0v) is 18.8. The van der Waals surface area contributed by atoms with Crippen LogP contribution in [-0.4, -0.2) is 51.2 Å². The topological polar surface area (TPSA) is 116 Å². The fraction of sp³-hybridized carbons (Fsp3) is 0.364. The average molecular weight is 439 g/mol. The lowest BCUT2D eigenvalue weighted by molar-refractivity contribution is 0.0512. The van der Waals surface area contributed by atoms with Gasteiger partial charge in [0.15, 0.2) is 5.69 Å². The number of nitrogens with one attached hydrogen (secondary N) is 3. The van der Waals surface area contributed by atoms with Crippen molar-refractivity contribution in [3.8, 4) is 17.5 Å². The number of thioether (sulfide) groups is 1. The SMILES string of the molecule is CSCC(CNc1cnc(C#N)c(-c2cc3ccccc3[nH]2)n1)NC(=O)OC(C)(C)C. The molecule has 1 unspecified atom stereocenters. The molecule has 0 radical (unpaired) electrons. The highest BCUT2D eigenvalue weighted by Crippen LogP contribution is 2.25. The van der Waals surface area contributed by atoms with E-state index in [2.05, 4.69) is 31.7 Å². The zero-order valence-electron chi connectivity index (χ0n) is 18.0. The van der Waals surface area contributed by atoms with Gasteiger partial charge in [-0.15, -0.1) is 0 Å². The van der Waals surface area contributed by atoms with E-state index in [-0.39, 0.29) is 11.7 Å². The van der Waals surface area contributed by atoms with Gasteiger partial charge in [-0.25, -0.2) is 14.8 Å². The monoisotopic (exact) mass is 438 g/mol. The Morgan fingerprint density at radius 3 is 2.81 bits per heavy atom. The van der Waals surface area contributed by atoms with Crippen molar-refractivity contribution in [2.24, 2.45) is 0 Å². The van der Waals surface area contributed by atoms with Crippen molar-refractivity contribution < 1.29 is 9.53 Å². The molecule has 3 aromatic rings. The highest BCUT2D eigenvalue weighted by molar-refractivity contribution is 7.98. The molecule has 2 aromatic heterocycles. The number of alkyl carbamates (subject to hydrolysis) is 1.